The second-order valence-corrected chi connectivity index (χ2v) is 24.0. The molecule has 0 amide bonds. The van der Waals surface area contributed by atoms with Crippen molar-refractivity contribution in [3.8, 4) is 23.6 Å². The smallest absolute Gasteiger partial charge is 0.459 e. The van der Waals surface area contributed by atoms with Crippen LogP contribution in [0.1, 0.15) is 102 Å². The molecule has 10 rings (SSSR count). The van der Waals surface area contributed by atoms with E-state index in [1.54, 1.807) is 98.8 Å². The Balaban J connectivity index is 0.000000202. The lowest BCUT2D eigenvalue weighted by molar-refractivity contribution is -0.151. The number of rotatable bonds is 22. The molecule has 0 unspecified atom stereocenters. The van der Waals surface area contributed by atoms with Crippen molar-refractivity contribution in [3.05, 3.63) is 109 Å². The molecule has 0 radical (unpaired) electrons. The predicted molar refractivity (Wildman–Crippen MR) is 296 cm³/mol. The predicted octanol–water partition coefficient (Wildman–Crippen LogP) is 4.85. The van der Waals surface area contributed by atoms with Crippen LogP contribution in [-0.4, -0.2) is 135 Å². The SMILES string of the molecule is CC[C@H](N[P@@](=O)(OC[C@@]1(C#N)O[C@@H](c2ccc3c(N)ncnn23)[C@H](O)[C@@H]1O)Oc1ccccc1)C(=O)OC1CCCC1.CC[C@H](N[P@](=O)(OC[C@@]1(C#N)O[C@@H](c2ccc3c(N)ncnn23)[C@H](O)[C@@H]1O)Oc1ccccc1)C(=O)OC1CCCC1. The summed E-state index contributed by atoms with van der Waals surface area (Å²) in [5.41, 5.74) is 8.93. The van der Waals surface area contributed by atoms with Gasteiger partial charge < -0.3 is 59.9 Å². The van der Waals surface area contributed by atoms with Gasteiger partial charge in [0.2, 0.25) is 11.2 Å². The van der Waals surface area contributed by atoms with Gasteiger partial charge in [-0.2, -0.15) is 30.9 Å². The number of benzene rings is 2. The fourth-order valence-electron chi connectivity index (χ4n) is 10.2. The highest BCUT2D eigenvalue weighted by Crippen LogP contribution is 2.51. The van der Waals surface area contributed by atoms with Gasteiger partial charge in [-0.05, 0) is 113 Å². The first-order valence-electron chi connectivity index (χ1n) is 27.4. The van der Waals surface area contributed by atoms with Crippen molar-refractivity contribution in [1.82, 2.24) is 39.4 Å². The van der Waals surface area contributed by atoms with Crippen LogP contribution in [0.5, 0.6) is 11.5 Å². The standard InChI is InChI=1S/2C27H33N6O8P/c2*1-2-19(26(36)39-17-8-6-7-9-17)32-42(37,41-18-10-4-3-5-11-18)38-15-27(14-28)24(35)22(34)23(40-27)20-12-13-21-25(29)30-16-31-33(20)21/h2*3-5,10-13,16-17,19,22-24,34-35H,2,6-9,15H2,1H3,(H,32,37)(H2,29,30,31)/t19-,22-,23-,24-,27+,42+;19-,22-,23-,24-,27+,42-/m00/s1. The van der Waals surface area contributed by atoms with Crippen LogP contribution in [0.3, 0.4) is 0 Å². The Hall–Kier alpha value is -7.14. The summed E-state index contributed by atoms with van der Waals surface area (Å²) in [5.74, 6) is -0.507. The lowest BCUT2D eigenvalue weighted by Crippen LogP contribution is -2.46. The third-order valence-electron chi connectivity index (χ3n) is 14.9. The van der Waals surface area contributed by atoms with Gasteiger partial charge in [-0.25, -0.2) is 28.1 Å². The molecule has 2 aliphatic carbocycles. The molecule has 10 N–H and O–H groups in total. The second-order valence-electron chi connectivity index (χ2n) is 20.6. The number of nitrogen functional groups attached to an aromatic ring is 2. The van der Waals surface area contributed by atoms with Crippen molar-refractivity contribution >= 4 is 50.1 Å². The number of hydrogen-bond donors (Lipinski definition) is 8. The van der Waals surface area contributed by atoms with Gasteiger partial charge in [0, 0.05) is 0 Å². The summed E-state index contributed by atoms with van der Waals surface area (Å²) in [6.07, 6.45) is 0.112. The summed E-state index contributed by atoms with van der Waals surface area (Å²) in [6, 6.07) is 24.3. The van der Waals surface area contributed by atoms with Gasteiger partial charge in [0.1, 0.15) is 121 Å². The molecule has 4 fully saturated rings. The minimum absolute atomic E-state index is 0.168. The number of nitrogens with zero attached hydrogens (tertiary/aromatic N) is 8. The van der Waals surface area contributed by atoms with E-state index in [0.29, 0.717) is 22.4 Å². The van der Waals surface area contributed by atoms with Crippen LogP contribution in [0.2, 0.25) is 0 Å². The molecule has 12 atom stereocenters. The van der Waals surface area contributed by atoms with Crippen molar-refractivity contribution < 1.29 is 76.2 Å². The van der Waals surface area contributed by atoms with Crippen LogP contribution >= 0.6 is 15.5 Å². The van der Waals surface area contributed by atoms with Crippen molar-refractivity contribution in [3.63, 3.8) is 0 Å². The Labute approximate surface area is 482 Å². The summed E-state index contributed by atoms with van der Waals surface area (Å²) in [7, 11) is -8.82. The largest absolute Gasteiger partial charge is 0.461 e. The molecule has 6 aromatic rings. The van der Waals surface area contributed by atoms with Gasteiger partial charge in [-0.1, -0.05) is 50.2 Å². The van der Waals surface area contributed by atoms with Gasteiger partial charge in [0.05, 0.1) is 11.4 Å². The lowest BCUT2D eigenvalue weighted by Gasteiger charge is -2.29. The van der Waals surface area contributed by atoms with E-state index in [4.69, 9.17) is 48.5 Å². The molecule has 30 heteroatoms. The highest BCUT2D eigenvalue weighted by molar-refractivity contribution is 7.52. The first kappa shape index (κ1) is 61.4. The van der Waals surface area contributed by atoms with Gasteiger partial charge in [0.25, 0.3) is 0 Å². The van der Waals surface area contributed by atoms with Gasteiger partial charge in [0.15, 0.2) is 11.6 Å². The minimum atomic E-state index is -4.41. The Kier molecular flexibility index (Phi) is 19.3. The third kappa shape index (κ3) is 13.4. The van der Waals surface area contributed by atoms with Gasteiger partial charge in [-0.15, -0.1) is 0 Å². The van der Waals surface area contributed by atoms with E-state index in [-0.39, 0.29) is 48.2 Å². The Bertz CT molecular complexity index is 3210. The number of fused-ring (bicyclic) bond motifs is 2. The molecule has 2 aromatic carbocycles. The lowest BCUT2D eigenvalue weighted by atomic mass is 9.96. The van der Waals surface area contributed by atoms with Gasteiger partial charge in [-0.3, -0.25) is 18.6 Å². The van der Waals surface area contributed by atoms with Crippen molar-refractivity contribution in [2.24, 2.45) is 0 Å². The topological polar surface area (TPSA) is 407 Å². The van der Waals surface area contributed by atoms with E-state index in [0.717, 1.165) is 51.4 Å². The highest BCUT2D eigenvalue weighted by atomic mass is 31.2. The zero-order chi connectivity index (χ0) is 59.8. The molecule has 2 saturated carbocycles. The molecule has 28 nitrogen and oxygen atoms in total. The number of ether oxygens (including phenoxy) is 4. The molecule has 4 aromatic heterocycles. The number of carbonyl (C=O) groups is 2. The normalized spacial score (nSPS) is 26.5. The number of nitrogens with two attached hydrogens (primary N) is 2. The maximum absolute atomic E-state index is 14.1. The number of para-hydroxylation sites is 2. The molecule has 448 valence electrons. The summed E-state index contributed by atoms with van der Waals surface area (Å²) in [6.45, 7) is 1.84. The number of hydrogen-bond acceptors (Lipinski definition) is 24. The number of aliphatic hydroxyl groups excluding tert-OH is 4. The molecule has 6 heterocycles. The monoisotopic (exact) mass is 1200 g/mol. The molecule has 4 aliphatic rings. The molecule has 0 bridgehead atoms. The summed E-state index contributed by atoms with van der Waals surface area (Å²) in [4.78, 5) is 33.8. The van der Waals surface area contributed by atoms with Crippen molar-refractivity contribution in [2.75, 3.05) is 24.7 Å². The molecule has 2 saturated heterocycles. The molecule has 0 spiro atoms. The second kappa shape index (κ2) is 26.4. The Morgan fingerprint density at radius 3 is 1.36 bits per heavy atom. The molecular weight excluding hydrogens is 1130 g/mol. The van der Waals surface area contributed by atoms with Crippen LogP contribution < -0.4 is 30.7 Å². The minimum Gasteiger partial charge on any atom is -0.461 e. The third-order valence-corrected chi connectivity index (χ3v) is 18.0. The number of anilines is 2. The molecular formula is C54H66N12O16P2. The van der Waals surface area contributed by atoms with E-state index in [1.165, 1.54) is 21.7 Å². The quantitative estimate of drug-likeness (QED) is 0.0332. The average molecular weight is 1200 g/mol. The van der Waals surface area contributed by atoms with Crippen molar-refractivity contribution in [1.29, 1.82) is 10.5 Å². The van der Waals surface area contributed by atoms with E-state index in [9.17, 15) is 49.7 Å². The summed E-state index contributed by atoms with van der Waals surface area (Å²) >= 11 is 0. The number of carbonyl (C=O) groups excluding carboxylic acids is 2. The summed E-state index contributed by atoms with van der Waals surface area (Å²) < 4.78 is 76.8. The van der Waals surface area contributed by atoms with E-state index in [1.807, 2.05) is 12.1 Å². The number of aromatic nitrogens is 6. The first-order chi connectivity index (χ1) is 40.4. The Morgan fingerprint density at radius 1 is 0.643 bits per heavy atom. The highest BCUT2D eigenvalue weighted by Gasteiger charge is 2.59. The molecule has 84 heavy (non-hydrogen) atoms. The zero-order valence-corrected chi connectivity index (χ0v) is 47.6. The van der Waals surface area contributed by atoms with Crippen LogP contribution in [0.25, 0.3) is 11.0 Å². The zero-order valence-electron chi connectivity index (χ0n) is 45.8. The van der Waals surface area contributed by atoms with Crippen LogP contribution in [0.4, 0.5) is 11.6 Å². The van der Waals surface area contributed by atoms with E-state index in [2.05, 4.69) is 30.3 Å². The van der Waals surface area contributed by atoms with E-state index >= 15 is 0 Å². The van der Waals surface area contributed by atoms with Crippen LogP contribution in [0, 0.1) is 22.7 Å². The maximum Gasteiger partial charge on any atom is 0.459 e. The van der Waals surface area contributed by atoms with Gasteiger partial charge >= 0.3 is 27.4 Å². The Morgan fingerprint density at radius 2 is 1.01 bits per heavy atom. The maximum atomic E-state index is 14.1. The number of esters is 2. The molecule has 2 aliphatic heterocycles. The van der Waals surface area contributed by atoms with Crippen LogP contribution in [-0.2, 0) is 46.7 Å². The number of aliphatic hydroxyl groups is 4. The number of nitrogens with one attached hydrogen (secondary N) is 2. The van der Waals surface area contributed by atoms with E-state index < -0.39 is 101 Å². The fraction of sp³-hybridized carbons (Fsp3) is 0.481. The first-order valence-corrected chi connectivity index (χ1v) is 30.5. The van der Waals surface area contributed by atoms with Crippen LogP contribution in [0.15, 0.2) is 97.6 Å². The summed E-state index contributed by atoms with van der Waals surface area (Å²) in [5, 5.41) is 77.7. The fourth-order valence-corrected chi connectivity index (χ4v) is 13.5. The number of nitriles is 2. The average Bonchev–Trinajstić information content (AvgIpc) is 2.27. The van der Waals surface area contributed by atoms with Crippen molar-refractivity contribution in [2.45, 2.75) is 150 Å².